The van der Waals surface area contributed by atoms with Gasteiger partial charge in [0.1, 0.15) is 0 Å². The fourth-order valence-corrected chi connectivity index (χ4v) is 1.48. The van der Waals surface area contributed by atoms with E-state index in [4.69, 9.17) is 31.2 Å². The van der Waals surface area contributed by atoms with Crippen LogP contribution in [0.4, 0.5) is 0 Å². The van der Waals surface area contributed by atoms with Crippen molar-refractivity contribution in [2.24, 2.45) is 11.5 Å². The Hall–Kier alpha value is 0.340. The average molecular weight is 307 g/mol. The first-order chi connectivity index (χ1) is 7.61. The highest BCUT2D eigenvalue weighted by Gasteiger charge is 2.19. The van der Waals surface area contributed by atoms with Gasteiger partial charge in [-0.05, 0) is 12.8 Å². The van der Waals surface area contributed by atoms with Crippen LogP contribution < -0.4 is 11.5 Å². The molecule has 2 aliphatic heterocycles. The average Bonchev–Trinajstić information content (AvgIpc) is 2.28. The molecule has 0 aliphatic carbocycles. The molecule has 0 amide bonds. The molecule has 2 saturated heterocycles. The van der Waals surface area contributed by atoms with Crippen LogP contribution in [0.1, 0.15) is 12.8 Å². The van der Waals surface area contributed by atoms with Crippen LogP contribution in [0.5, 0.6) is 0 Å². The lowest BCUT2D eigenvalue weighted by Gasteiger charge is -2.23. The van der Waals surface area contributed by atoms with Crippen LogP contribution in [0.25, 0.3) is 0 Å². The van der Waals surface area contributed by atoms with Crippen molar-refractivity contribution in [3.05, 3.63) is 0 Å². The van der Waals surface area contributed by atoms with E-state index < -0.39 is 12.2 Å². The van der Waals surface area contributed by atoms with Crippen molar-refractivity contribution in [2.75, 3.05) is 26.4 Å². The largest absolute Gasteiger partial charge is 0.389 e. The molecule has 6 N–H and O–H groups in total. The highest BCUT2D eigenvalue weighted by Crippen LogP contribution is 2.04. The summed E-state index contributed by atoms with van der Waals surface area (Å²) in [6.07, 6.45) is 0.676. The van der Waals surface area contributed by atoms with Gasteiger partial charge in [-0.25, -0.2) is 0 Å². The summed E-state index contributed by atoms with van der Waals surface area (Å²) in [5, 5.41) is 17.9. The lowest BCUT2D eigenvalue weighted by atomic mass is 10.1. The second-order valence-corrected chi connectivity index (χ2v) is 4.19. The molecule has 2 fully saturated rings. The van der Waals surface area contributed by atoms with Gasteiger partial charge in [0.25, 0.3) is 0 Å². The Bertz CT molecular complexity index is 163. The minimum absolute atomic E-state index is 0. The molecule has 4 atom stereocenters. The Morgan fingerprint density at radius 2 is 1.11 bits per heavy atom. The molecule has 0 spiro atoms. The lowest BCUT2D eigenvalue weighted by Crippen LogP contribution is -2.42. The molecule has 2 aliphatic rings. The third kappa shape index (κ3) is 7.70. The number of rotatable bonds is 0. The first kappa shape index (κ1) is 20.7. The van der Waals surface area contributed by atoms with Gasteiger partial charge in [-0.15, -0.1) is 24.8 Å². The van der Waals surface area contributed by atoms with Crippen molar-refractivity contribution in [2.45, 2.75) is 37.1 Å². The standard InChI is InChI=1S/2C5H11NO2.2ClH/c2*6-4-1-2-8-3-5(4)7;;/h2*4-5,7H,1-3,6H2;2*1H/t2*4-,5+;;/m10../s1. The summed E-state index contributed by atoms with van der Waals surface area (Å²) < 4.78 is 9.84. The van der Waals surface area contributed by atoms with E-state index in [2.05, 4.69) is 0 Å². The normalized spacial score (nSPS) is 35.3. The Balaban J connectivity index is 0. The molecular weight excluding hydrogens is 283 g/mol. The predicted octanol–water partition coefficient (Wildman–Crippen LogP) is -0.967. The van der Waals surface area contributed by atoms with Crippen molar-refractivity contribution < 1.29 is 19.7 Å². The maximum absolute atomic E-state index is 8.93. The molecule has 0 radical (unpaired) electrons. The van der Waals surface area contributed by atoms with Gasteiger partial charge >= 0.3 is 0 Å². The monoisotopic (exact) mass is 306 g/mol. The molecule has 0 bridgehead atoms. The Labute approximate surface area is 120 Å². The SMILES string of the molecule is Cl.Cl.N[C@@H]1CCOC[C@@H]1O.N[C@H]1CCOC[C@H]1O. The van der Waals surface area contributed by atoms with Crippen LogP contribution in [-0.2, 0) is 9.47 Å². The molecule has 0 aromatic carbocycles. The summed E-state index contributed by atoms with van der Waals surface area (Å²) in [5.41, 5.74) is 10.9. The topological polar surface area (TPSA) is 111 Å². The van der Waals surface area contributed by atoms with Gasteiger partial charge in [0.2, 0.25) is 0 Å². The van der Waals surface area contributed by atoms with Gasteiger partial charge < -0.3 is 31.2 Å². The van der Waals surface area contributed by atoms with E-state index in [1.54, 1.807) is 0 Å². The second kappa shape index (κ2) is 11.2. The minimum atomic E-state index is -0.441. The smallest absolute Gasteiger partial charge is 0.0924 e. The molecule has 0 saturated carbocycles. The van der Waals surface area contributed by atoms with E-state index in [1.165, 1.54) is 0 Å². The first-order valence-electron chi connectivity index (χ1n) is 5.64. The summed E-state index contributed by atoms with van der Waals surface area (Å²) in [6.45, 7) is 2.19. The highest BCUT2D eigenvalue weighted by atomic mass is 35.5. The molecule has 0 aromatic heterocycles. The molecule has 6 nitrogen and oxygen atoms in total. The predicted molar refractivity (Wildman–Crippen MR) is 73.3 cm³/mol. The number of halogens is 2. The van der Waals surface area contributed by atoms with Crippen molar-refractivity contribution >= 4 is 24.8 Å². The molecule has 112 valence electrons. The Morgan fingerprint density at radius 1 is 0.778 bits per heavy atom. The maximum Gasteiger partial charge on any atom is 0.0924 e. The second-order valence-electron chi connectivity index (χ2n) is 4.19. The van der Waals surface area contributed by atoms with Gasteiger partial charge in [-0.1, -0.05) is 0 Å². The van der Waals surface area contributed by atoms with Crippen molar-refractivity contribution in [1.29, 1.82) is 0 Å². The summed E-state index contributed by atoms with van der Waals surface area (Å²) in [4.78, 5) is 0. The van der Waals surface area contributed by atoms with E-state index in [0.717, 1.165) is 12.8 Å². The number of hydrogen-bond acceptors (Lipinski definition) is 6. The van der Waals surface area contributed by atoms with Crippen LogP contribution in [0.3, 0.4) is 0 Å². The lowest BCUT2D eigenvalue weighted by molar-refractivity contribution is -0.0182. The quantitative estimate of drug-likeness (QED) is 0.458. The number of nitrogens with two attached hydrogens (primary N) is 2. The Kier molecular flexibility index (Phi) is 12.8. The summed E-state index contributed by atoms with van der Waals surface area (Å²) >= 11 is 0. The number of hydrogen-bond donors (Lipinski definition) is 4. The summed E-state index contributed by atoms with van der Waals surface area (Å²) in [6, 6.07) is -0.132. The third-order valence-electron chi connectivity index (χ3n) is 2.76. The number of aliphatic hydroxyl groups excluding tert-OH is 2. The van der Waals surface area contributed by atoms with E-state index in [0.29, 0.717) is 26.4 Å². The molecular formula is C10H24Cl2N2O4. The number of ether oxygens (including phenoxy) is 2. The molecule has 18 heavy (non-hydrogen) atoms. The van der Waals surface area contributed by atoms with E-state index in [-0.39, 0.29) is 36.9 Å². The maximum atomic E-state index is 8.93. The molecule has 2 heterocycles. The zero-order chi connectivity index (χ0) is 12.0. The van der Waals surface area contributed by atoms with Crippen LogP contribution in [-0.4, -0.2) is 60.9 Å². The van der Waals surface area contributed by atoms with Gasteiger partial charge in [-0.2, -0.15) is 0 Å². The van der Waals surface area contributed by atoms with Gasteiger partial charge in [-0.3, -0.25) is 0 Å². The van der Waals surface area contributed by atoms with Gasteiger partial charge in [0.15, 0.2) is 0 Å². The van der Waals surface area contributed by atoms with Crippen molar-refractivity contribution in [3.63, 3.8) is 0 Å². The zero-order valence-corrected chi connectivity index (χ0v) is 11.9. The Morgan fingerprint density at radius 3 is 1.28 bits per heavy atom. The van der Waals surface area contributed by atoms with Crippen LogP contribution in [0.15, 0.2) is 0 Å². The van der Waals surface area contributed by atoms with E-state index in [1.807, 2.05) is 0 Å². The fraction of sp³-hybridized carbons (Fsp3) is 1.00. The van der Waals surface area contributed by atoms with Crippen LogP contribution in [0, 0.1) is 0 Å². The first-order valence-corrected chi connectivity index (χ1v) is 5.64. The van der Waals surface area contributed by atoms with E-state index in [9.17, 15) is 0 Å². The van der Waals surface area contributed by atoms with Crippen LogP contribution >= 0.6 is 24.8 Å². The molecule has 0 aromatic rings. The van der Waals surface area contributed by atoms with Crippen LogP contribution in [0.2, 0.25) is 0 Å². The summed E-state index contributed by atoms with van der Waals surface area (Å²) in [7, 11) is 0. The summed E-state index contributed by atoms with van der Waals surface area (Å²) in [5.74, 6) is 0. The van der Waals surface area contributed by atoms with Gasteiger partial charge in [0, 0.05) is 25.3 Å². The van der Waals surface area contributed by atoms with Crippen molar-refractivity contribution in [1.82, 2.24) is 0 Å². The number of aliphatic hydroxyl groups is 2. The molecule has 0 unspecified atom stereocenters. The van der Waals surface area contributed by atoms with Gasteiger partial charge in [0.05, 0.1) is 25.4 Å². The van der Waals surface area contributed by atoms with Crippen molar-refractivity contribution in [3.8, 4) is 0 Å². The third-order valence-corrected chi connectivity index (χ3v) is 2.76. The highest BCUT2D eigenvalue weighted by molar-refractivity contribution is 5.85. The minimum Gasteiger partial charge on any atom is -0.389 e. The molecule has 2 rings (SSSR count). The fourth-order valence-electron chi connectivity index (χ4n) is 1.48. The molecule has 8 heteroatoms. The zero-order valence-electron chi connectivity index (χ0n) is 10.2. The van der Waals surface area contributed by atoms with E-state index >= 15 is 0 Å².